The molecule has 0 aromatic rings. The normalized spacial score (nSPS) is 19.6. The Morgan fingerprint density at radius 1 is 0.879 bits per heavy atom. The van der Waals surface area contributed by atoms with Crippen LogP contribution in [0.25, 0.3) is 0 Å². The number of esters is 1. The van der Waals surface area contributed by atoms with E-state index in [0.29, 0.717) is 6.42 Å². The summed E-state index contributed by atoms with van der Waals surface area (Å²) in [5.41, 5.74) is 1.05. The smallest absolute Gasteiger partial charge is 0.410 e. The van der Waals surface area contributed by atoms with Crippen molar-refractivity contribution in [3.8, 4) is 0 Å². The van der Waals surface area contributed by atoms with Crippen molar-refractivity contribution in [2.75, 3.05) is 14.2 Å². The van der Waals surface area contributed by atoms with Gasteiger partial charge < -0.3 is 9.26 Å². The molecule has 0 amide bonds. The zero-order valence-corrected chi connectivity index (χ0v) is 22.4. The van der Waals surface area contributed by atoms with E-state index in [4.69, 9.17) is 13.8 Å². The highest BCUT2D eigenvalue weighted by Crippen LogP contribution is 2.65. The Kier molecular flexibility index (Phi) is 16.3. The summed E-state index contributed by atoms with van der Waals surface area (Å²) in [7, 11) is -0.383. The van der Waals surface area contributed by atoms with Crippen LogP contribution in [0.1, 0.15) is 117 Å². The number of methoxy groups -OCH3 is 1. The molecular formula is C27H47O5P. The third kappa shape index (κ3) is 11.6. The summed E-state index contributed by atoms with van der Waals surface area (Å²) in [6.07, 6.45) is 22.8. The molecule has 0 aromatic carbocycles. The largest absolute Gasteiger partial charge is 0.469 e. The molecule has 33 heavy (non-hydrogen) atoms. The minimum atomic E-state index is -3.30. The van der Waals surface area contributed by atoms with Crippen molar-refractivity contribution in [1.29, 1.82) is 0 Å². The van der Waals surface area contributed by atoms with Crippen molar-refractivity contribution in [1.82, 2.24) is 0 Å². The minimum Gasteiger partial charge on any atom is -0.469 e. The van der Waals surface area contributed by atoms with Crippen LogP contribution in [0.3, 0.4) is 0 Å². The molecule has 0 aliphatic carbocycles. The Bertz CT molecular complexity index is 693. The van der Waals surface area contributed by atoms with Crippen LogP contribution in [0.2, 0.25) is 0 Å². The Morgan fingerprint density at radius 3 is 2.21 bits per heavy atom. The number of rotatable bonds is 19. The SMILES string of the molecule is CCCCC/C=C1\OP(=O)(OC)C(/C=C/CCCCCC)=C1CCCCCCCC(=O)OC. The van der Waals surface area contributed by atoms with Gasteiger partial charge in [0.1, 0.15) is 5.76 Å². The van der Waals surface area contributed by atoms with Gasteiger partial charge in [0.05, 0.1) is 12.4 Å². The lowest BCUT2D eigenvalue weighted by Crippen LogP contribution is -1.99. The van der Waals surface area contributed by atoms with Gasteiger partial charge in [-0.15, -0.1) is 0 Å². The van der Waals surface area contributed by atoms with E-state index in [1.165, 1.54) is 46.3 Å². The number of carbonyl (C=O) groups is 1. The number of allylic oxidation sites excluding steroid dienone is 5. The highest BCUT2D eigenvalue weighted by atomic mass is 31.2. The van der Waals surface area contributed by atoms with Crippen LogP contribution in [0, 0.1) is 0 Å². The van der Waals surface area contributed by atoms with Crippen LogP contribution in [0.5, 0.6) is 0 Å². The van der Waals surface area contributed by atoms with Crippen molar-refractivity contribution >= 4 is 13.6 Å². The Hall–Kier alpha value is -1.32. The maximum absolute atomic E-state index is 13.4. The minimum absolute atomic E-state index is 0.137. The number of unbranched alkanes of at least 4 members (excludes halogenated alkanes) is 11. The van der Waals surface area contributed by atoms with Crippen molar-refractivity contribution in [3.63, 3.8) is 0 Å². The molecule has 0 radical (unpaired) electrons. The van der Waals surface area contributed by atoms with E-state index in [0.717, 1.165) is 80.9 Å². The molecule has 1 rings (SSSR count). The fourth-order valence-corrected chi connectivity index (χ4v) is 5.63. The molecule has 0 N–H and O–H groups in total. The fourth-order valence-electron chi connectivity index (χ4n) is 3.98. The second kappa shape index (κ2) is 18.1. The number of ether oxygens (including phenoxy) is 1. The molecule has 190 valence electrons. The van der Waals surface area contributed by atoms with Gasteiger partial charge in [0, 0.05) is 19.1 Å². The van der Waals surface area contributed by atoms with Crippen LogP contribution in [0.4, 0.5) is 0 Å². The van der Waals surface area contributed by atoms with Crippen LogP contribution >= 0.6 is 7.60 Å². The van der Waals surface area contributed by atoms with Gasteiger partial charge in [0.15, 0.2) is 0 Å². The molecule has 0 aromatic heterocycles. The molecule has 1 heterocycles. The number of carbonyl (C=O) groups excluding carboxylic acids is 1. The summed E-state index contributed by atoms with van der Waals surface area (Å²) in [4.78, 5) is 11.2. The van der Waals surface area contributed by atoms with Gasteiger partial charge in [-0.1, -0.05) is 71.3 Å². The predicted octanol–water partition coefficient (Wildman–Crippen LogP) is 9.00. The monoisotopic (exact) mass is 482 g/mol. The molecule has 1 unspecified atom stereocenters. The fraction of sp³-hybridized carbons (Fsp3) is 0.741. The Morgan fingerprint density at radius 2 is 1.52 bits per heavy atom. The summed E-state index contributed by atoms with van der Waals surface area (Å²) in [6, 6.07) is 0. The zero-order valence-electron chi connectivity index (χ0n) is 21.5. The average molecular weight is 483 g/mol. The molecule has 5 nitrogen and oxygen atoms in total. The summed E-state index contributed by atoms with van der Waals surface area (Å²) in [5, 5.41) is 0.743. The first kappa shape index (κ1) is 29.7. The molecule has 0 saturated carbocycles. The van der Waals surface area contributed by atoms with Gasteiger partial charge in [0.25, 0.3) is 0 Å². The lowest BCUT2D eigenvalue weighted by molar-refractivity contribution is -0.140. The van der Waals surface area contributed by atoms with Crippen LogP contribution in [-0.4, -0.2) is 20.2 Å². The molecule has 1 atom stereocenters. The molecule has 0 saturated heterocycles. The van der Waals surface area contributed by atoms with E-state index in [1.54, 1.807) is 0 Å². The van der Waals surface area contributed by atoms with Crippen LogP contribution < -0.4 is 0 Å². The summed E-state index contributed by atoms with van der Waals surface area (Å²) in [5.74, 6) is 0.621. The second-order valence-corrected chi connectivity index (χ2v) is 10.8. The molecule has 0 fully saturated rings. The van der Waals surface area contributed by atoms with Gasteiger partial charge in [-0.2, -0.15) is 0 Å². The van der Waals surface area contributed by atoms with E-state index in [2.05, 4.69) is 26.0 Å². The van der Waals surface area contributed by atoms with Gasteiger partial charge in [-0.05, 0) is 57.1 Å². The van der Waals surface area contributed by atoms with E-state index < -0.39 is 7.60 Å². The zero-order chi connectivity index (χ0) is 24.4. The predicted molar refractivity (Wildman–Crippen MR) is 137 cm³/mol. The number of hydrogen-bond donors (Lipinski definition) is 0. The topological polar surface area (TPSA) is 61.8 Å². The highest BCUT2D eigenvalue weighted by Gasteiger charge is 2.40. The van der Waals surface area contributed by atoms with Gasteiger partial charge in [-0.25, -0.2) is 4.57 Å². The lowest BCUT2D eigenvalue weighted by Gasteiger charge is -2.11. The second-order valence-electron chi connectivity index (χ2n) is 8.79. The van der Waals surface area contributed by atoms with Crippen molar-refractivity contribution in [3.05, 3.63) is 34.9 Å². The molecule has 6 heteroatoms. The van der Waals surface area contributed by atoms with Crippen molar-refractivity contribution in [2.45, 2.75) is 117 Å². The summed E-state index contributed by atoms with van der Waals surface area (Å²) in [6.45, 7) is 4.41. The Balaban J connectivity index is 2.81. The first-order valence-electron chi connectivity index (χ1n) is 13.0. The van der Waals surface area contributed by atoms with Crippen LogP contribution in [-0.2, 0) is 23.1 Å². The summed E-state index contributed by atoms with van der Waals surface area (Å²) >= 11 is 0. The molecule has 1 aliphatic rings. The molecule has 0 spiro atoms. The van der Waals surface area contributed by atoms with Crippen molar-refractivity contribution < 1.29 is 23.1 Å². The molecular weight excluding hydrogens is 435 g/mol. The lowest BCUT2D eigenvalue weighted by atomic mass is 10.0. The van der Waals surface area contributed by atoms with Crippen molar-refractivity contribution in [2.24, 2.45) is 0 Å². The van der Waals surface area contributed by atoms with E-state index in [-0.39, 0.29) is 5.97 Å². The van der Waals surface area contributed by atoms with E-state index in [9.17, 15) is 9.36 Å². The molecule has 1 aliphatic heterocycles. The highest BCUT2D eigenvalue weighted by molar-refractivity contribution is 7.59. The number of hydrogen-bond acceptors (Lipinski definition) is 5. The van der Waals surface area contributed by atoms with E-state index >= 15 is 0 Å². The Labute approximate surface area is 202 Å². The third-order valence-corrected chi connectivity index (χ3v) is 7.96. The standard InChI is InChI=1S/C27H47O5P/c1-5-7-9-11-14-18-22-26-24(20-16-13-12-15-19-23-27(28)30-3)25(21-17-10-8-6-2)32-33(26,29)31-4/h18,21-22H,5-17,19-20,23H2,1-4H3/b22-18+,25-21-. The first-order valence-corrected chi connectivity index (χ1v) is 14.6. The maximum atomic E-state index is 13.4. The van der Waals surface area contributed by atoms with Gasteiger partial charge in [-0.3, -0.25) is 9.32 Å². The van der Waals surface area contributed by atoms with Crippen LogP contribution in [0.15, 0.2) is 34.9 Å². The summed E-state index contributed by atoms with van der Waals surface area (Å²) < 4.78 is 29.5. The average Bonchev–Trinajstić information content (AvgIpc) is 3.09. The first-order chi connectivity index (χ1) is 16.0. The van der Waals surface area contributed by atoms with E-state index in [1.807, 2.05) is 6.08 Å². The van der Waals surface area contributed by atoms with Gasteiger partial charge in [0.2, 0.25) is 0 Å². The molecule has 0 bridgehead atoms. The van der Waals surface area contributed by atoms with Gasteiger partial charge >= 0.3 is 13.6 Å². The third-order valence-electron chi connectivity index (χ3n) is 6.03. The quantitative estimate of drug-likeness (QED) is 0.104. The maximum Gasteiger partial charge on any atom is 0.410 e.